The highest BCUT2D eigenvalue weighted by atomic mass is 19.4. The average molecular weight is 409 g/mol. The Morgan fingerprint density at radius 1 is 1.24 bits per heavy atom. The summed E-state index contributed by atoms with van der Waals surface area (Å²) in [7, 11) is 3.64. The molecule has 1 aromatic heterocycles. The van der Waals surface area contributed by atoms with E-state index in [9.17, 15) is 22.8 Å². The predicted molar refractivity (Wildman–Crippen MR) is 98.9 cm³/mol. The molecule has 0 spiro atoms. The fraction of sp³-hybridized carbons (Fsp3) is 0.421. The second-order valence-electron chi connectivity index (χ2n) is 7.21. The van der Waals surface area contributed by atoms with Crippen molar-refractivity contribution in [3.05, 3.63) is 52.3 Å². The molecular formula is C19H22F3N5O2. The van der Waals surface area contributed by atoms with E-state index in [1.807, 2.05) is 14.1 Å². The summed E-state index contributed by atoms with van der Waals surface area (Å²) in [6.07, 6.45) is -3.88. The van der Waals surface area contributed by atoms with Gasteiger partial charge in [-0.2, -0.15) is 18.3 Å². The average Bonchev–Trinajstić information content (AvgIpc) is 3.08. The number of H-pyrrole nitrogens is 1. The molecule has 2 amide bonds. The quantitative estimate of drug-likeness (QED) is 0.789. The van der Waals surface area contributed by atoms with Crippen LogP contribution in [0.5, 0.6) is 0 Å². The van der Waals surface area contributed by atoms with Gasteiger partial charge in [0.25, 0.3) is 5.91 Å². The normalized spacial score (nSPS) is 14.1. The van der Waals surface area contributed by atoms with E-state index < -0.39 is 17.6 Å². The Bertz CT molecular complexity index is 890. The number of fused-ring (bicyclic) bond motifs is 1. The smallest absolute Gasteiger partial charge is 0.347 e. The Kier molecular flexibility index (Phi) is 5.92. The van der Waals surface area contributed by atoms with Gasteiger partial charge in [0.15, 0.2) is 5.69 Å². The lowest BCUT2D eigenvalue weighted by Gasteiger charge is -2.28. The molecule has 0 fully saturated rings. The van der Waals surface area contributed by atoms with Crippen LogP contribution in [0.25, 0.3) is 0 Å². The van der Waals surface area contributed by atoms with Gasteiger partial charge in [0.2, 0.25) is 5.91 Å². The fourth-order valence-corrected chi connectivity index (χ4v) is 3.17. The van der Waals surface area contributed by atoms with Gasteiger partial charge in [-0.25, -0.2) is 0 Å². The van der Waals surface area contributed by atoms with Gasteiger partial charge < -0.3 is 15.1 Å². The molecule has 29 heavy (non-hydrogen) atoms. The molecule has 0 saturated heterocycles. The standard InChI is InChI=1S/C19H22F3N5O2/c1-26(2)11-16(28)27-8-7-14-15(10-27)24-25-17(14)18(29)23-9-12-3-5-13(6-4-12)19(20,21)22/h3-6H,7-11H2,1-2H3,(H,23,29)(H,24,25). The first kappa shape index (κ1) is 20.8. The molecule has 0 unspecified atom stereocenters. The molecule has 0 saturated carbocycles. The van der Waals surface area contributed by atoms with Gasteiger partial charge >= 0.3 is 6.18 Å². The van der Waals surface area contributed by atoms with Crippen molar-refractivity contribution in [2.24, 2.45) is 0 Å². The summed E-state index contributed by atoms with van der Waals surface area (Å²) in [6, 6.07) is 4.63. The minimum atomic E-state index is -4.39. The molecule has 1 aliphatic rings. The zero-order valence-electron chi connectivity index (χ0n) is 16.1. The van der Waals surface area contributed by atoms with Gasteiger partial charge in [-0.1, -0.05) is 12.1 Å². The molecule has 10 heteroatoms. The molecule has 0 bridgehead atoms. The largest absolute Gasteiger partial charge is 0.416 e. The molecular weight excluding hydrogens is 387 g/mol. The summed E-state index contributed by atoms with van der Waals surface area (Å²) in [6.45, 7) is 1.26. The zero-order valence-corrected chi connectivity index (χ0v) is 16.1. The number of nitrogens with one attached hydrogen (secondary N) is 2. The Morgan fingerprint density at radius 2 is 1.93 bits per heavy atom. The van der Waals surface area contributed by atoms with E-state index in [0.29, 0.717) is 31.6 Å². The molecule has 1 aliphatic heterocycles. The first-order valence-corrected chi connectivity index (χ1v) is 9.08. The van der Waals surface area contributed by atoms with E-state index in [0.717, 1.165) is 23.4 Å². The van der Waals surface area contributed by atoms with Gasteiger partial charge in [-0.3, -0.25) is 14.7 Å². The first-order valence-electron chi connectivity index (χ1n) is 9.08. The second-order valence-corrected chi connectivity index (χ2v) is 7.21. The molecule has 0 radical (unpaired) electrons. The summed E-state index contributed by atoms with van der Waals surface area (Å²) < 4.78 is 37.8. The number of hydrogen-bond acceptors (Lipinski definition) is 4. The van der Waals surface area contributed by atoms with Crippen LogP contribution < -0.4 is 5.32 Å². The van der Waals surface area contributed by atoms with Gasteiger partial charge in [-0.15, -0.1) is 0 Å². The minimum absolute atomic E-state index is 0.00329. The van der Waals surface area contributed by atoms with Crippen LogP contribution in [-0.2, 0) is 30.5 Å². The van der Waals surface area contributed by atoms with Gasteiger partial charge in [0, 0.05) is 18.7 Å². The van der Waals surface area contributed by atoms with Crippen molar-refractivity contribution in [3.8, 4) is 0 Å². The van der Waals surface area contributed by atoms with Gasteiger partial charge in [0.05, 0.1) is 24.3 Å². The molecule has 2 aromatic rings. The Labute approximate surface area is 165 Å². The van der Waals surface area contributed by atoms with E-state index in [-0.39, 0.29) is 18.1 Å². The fourth-order valence-electron chi connectivity index (χ4n) is 3.17. The highest BCUT2D eigenvalue weighted by Gasteiger charge is 2.30. The van der Waals surface area contributed by atoms with Crippen LogP contribution in [0.3, 0.4) is 0 Å². The summed E-state index contributed by atoms with van der Waals surface area (Å²) in [4.78, 5) is 28.2. The summed E-state index contributed by atoms with van der Waals surface area (Å²) in [5.41, 5.74) is 1.57. The van der Waals surface area contributed by atoms with Crippen molar-refractivity contribution in [3.63, 3.8) is 0 Å². The number of aromatic nitrogens is 2. The number of hydrogen-bond donors (Lipinski definition) is 2. The topological polar surface area (TPSA) is 81.3 Å². The Balaban J connectivity index is 1.61. The van der Waals surface area contributed by atoms with Crippen LogP contribution >= 0.6 is 0 Å². The summed E-state index contributed by atoms with van der Waals surface area (Å²) in [5, 5.41) is 9.58. The van der Waals surface area contributed by atoms with Crippen molar-refractivity contribution < 1.29 is 22.8 Å². The third-order valence-corrected chi connectivity index (χ3v) is 4.69. The predicted octanol–water partition coefficient (Wildman–Crippen LogP) is 1.80. The van der Waals surface area contributed by atoms with E-state index in [1.165, 1.54) is 12.1 Å². The number of halogens is 3. The summed E-state index contributed by atoms with van der Waals surface area (Å²) in [5.74, 6) is -0.404. The highest BCUT2D eigenvalue weighted by molar-refractivity contribution is 5.94. The number of nitrogens with zero attached hydrogens (tertiary/aromatic N) is 3. The SMILES string of the molecule is CN(C)CC(=O)N1CCc2c(C(=O)NCc3ccc(C(F)(F)F)cc3)n[nH]c2C1. The molecule has 1 aromatic carbocycles. The lowest BCUT2D eigenvalue weighted by atomic mass is 10.0. The molecule has 0 aliphatic carbocycles. The Hall–Kier alpha value is -2.88. The zero-order chi connectivity index (χ0) is 21.2. The van der Waals surface area contributed by atoms with Gasteiger partial charge in [-0.05, 0) is 38.2 Å². The van der Waals surface area contributed by atoms with Gasteiger partial charge in [0.1, 0.15) is 0 Å². The van der Waals surface area contributed by atoms with Crippen LogP contribution in [0.2, 0.25) is 0 Å². The number of rotatable bonds is 5. The molecule has 3 rings (SSSR count). The first-order chi connectivity index (χ1) is 13.6. The van der Waals surface area contributed by atoms with Crippen LogP contribution in [0.4, 0.5) is 13.2 Å². The van der Waals surface area contributed by atoms with Crippen molar-refractivity contribution in [2.75, 3.05) is 27.2 Å². The molecule has 2 N–H and O–H groups in total. The van der Waals surface area contributed by atoms with Crippen molar-refractivity contribution >= 4 is 11.8 Å². The number of carbonyl (C=O) groups excluding carboxylic acids is 2. The number of carbonyl (C=O) groups is 2. The summed E-state index contributed by atoms with van der Waals surface area (Å²) >= 11 is 0. The van der Waals surface area contributed by atoms with E-state index in [2.05, 4.69) is 15.5 Å². The van der Waals surface area contributed by atoms with Crippen LogP contribution in [0, 0.1) is 0 Å². The minimum Gasteiger partial charge on any atom is -0.347 e. The van der Waals surface area contributed by atoms with Crippen LogP contribution in [0.1, 0.15) is 32.9 Å². The van der Waals surface area contributed by atoms with Crippen LogP contribution in [-0.4, -0.2) is 59.0 Å². The molecule has 7 nitrogen and oxygen atoms in total. The number of alkyl halides is 3. The maximum Gasteiger partial charge on any atom is 0.416 e. The van der Waals surface area contributed by atoms with E-state index in [4.69, 9.17) is 0 Å². The second kappa shape index (κ2) is 8.24. The number of amides is 2. The maximum atomic E-state index is 12.6. The maximum absolute atomic E-state index is 12.6. The highest BCUT2D eigenvalue weighted by Crippen LogP contribution is 2.29. The Morgan fingerprint density at radius 3 is 2.55 bits per heavy atom. The van der Waals surface area contributed by atoms with E-state index in [1.54, 1.807) is 9.80 Å². The third kappa shape index (κ3) is 4.94. The molecule has 2 heterocycles. The number of likely N-dealkylation sites (N-methyl/N-ethyl adjacent to an activating group) is 1. The number of benzene rings is 1. The molecule has 156 valence electrons. The van der Waals surface area contributed by atoms with Crippen LogP contribution in [0.15, 0.2) is 24.3 Å². The number of aromatic amines is 1. The lowest BCUT2D eigenvalue weighted by molar-refractivity contribution is -0.137. The van der Waals surface area contributed by atoms with Crippen molar-refractivity contribution in [1.29, 1.82) is 0 Å². The lowest BCUT2D eigenvalue weighted by Crippen LogP contribution is -2.41. The monoisotopic (exact) mass is 409 g/mol. The van der Waals surface area contributed by atoms with E-state index >= 15 is 0 Å². The van der Waals surface area contributed by atoms with Crippen molar-refractivity contribution in [1.82, 2.24) is 25.3 Å². The molecule has 0 atom stereocenters. The van der Waals surface area contributed by atoms with Crippen molar-refractivity contribution in [2.45, 2.75) is 25.7 Å². The third-order valence-electron chi connectivity index (χ3n) is 4.69.